The Kier molecular flexibility index (Phi) is 7.30. The van der Waals surface area contributed by atoms with Crippen molar-refractivity contribution < 1.29 is 18.7 Å². The highest BCUT2D eigenvalue weighted by atomic mass is 35.5. The van der Waals surface area contributed by atoms with Gasteiger partial charge in [-0.2, -0.15) is 0 Å². The molecule has 1 fully saturated rings. The molecule has 1 atom stereocenters. The van der Waals surface area contributed by atoms with Gasteiger partial charge in [-0.25, -0.2) is 4.39 Å². The van der Waals surface area contributed by atoms with Gasteiger partial charge in [-0.05, 0) is 97.1 Å². The van der Waals surface area contributed by atoms with Crippen molar-refractivity contribution in [3.05, 3.63) is 86.3 Å². The molecule has 8 heteroatoms. The molecule has 0 unspecified atom stereocenters. The first kappa shape index (κ1) is 24.8. The molecule has 3 aromatic rings. The third kappa shape index (κ3) is 5.57. The third-order valence-electron chi connectivity index (χ3n) is 6.83. The van der Waals surface area contributed by atoms with E-state index < -0.39 is 5.82 Å². The van der Waals surface area contributed by atoms with Crippen LogP contribution in [0.5, 0.6) is 5.75 Å². The van der Waals surface area contributed by atoms with Gasteiger partial charge in [0.1, 0.15) is 24.7 Å². The summed E-state index contributed by atoms with van der Waals surface area (Å²) in [7, 11) is 0. The molecule has 2 amide bonds. The van der Waals surface area contributed by atoms with E-state index in [1.54, 1.807) is 16.2 Å². The van der Waals surface area contributed by atoms with Gasteiger partial charge >= 0.3 is 0 Å². The molecule has 1 aliphatic heterocycles. The number of thiophene rings is 1. The summed E-state index contributed by atoms with van der Waals surface area (Å²) in [4.78, 5) is 31.6. The molecule has 188 valence electrons. The zero-order chi connectivity index (χ0) is 25.2. The molecule has 0 bridgehead atoms. The maximum Gasteiger partial charge on any atom is 0.254 e. The molecule has 2 heterocycles. The van der Waals surface area contributed by atoms with Crippen LogP contribution in [0.15, 0.2) is 53.9 Å². The molecule has 5 rings (SSSR count). The SMILES string of the molecule is Cc1cc(OC[C@H]2c3ccsc3CCN2C(=O)CN(CC2CC2)C(=O)c2ccc(F)cc2)ccc1Cl. The monoisotopic (exact) mass is 526 g/mol. The minimum Gasteiger partial charge on any atom is -0.491 e. The van der Waals surface area contributed by atoms with E-state index in [2.05, 4.69) is 11.4 Å². The summed E-state index contributed by atoms with van der Waals surface area (Å²) < 4.78 is 19.5. The smallest absolute Gasteiger partial charge is 0.254 e. The van der Waals surface area contributed by atoms with Gasteiger partial charge in [0.2, 0.25) is 5.91 Å². The highest BCUT2D eigenvalue weighted by Gasteiger charge is 2.35. The van der Waals surface area contributed by atoms with Crippen LogP contribution >= 0.6 is 22.9 Å². The zero-order valence-electron chi connectivity index (χ0n) is 20.1. The van der Waals surface area contributed by atoms with Crippen molar-refractivity contribution in [3.8, 4) is 5.75 Å². The van der Waals surface area contributed by atoms with Crippen molar-refractivity contribution in [2.45, 2.75) is 32.2 Å². The number of nitrogens with zero attached hydrogens (tertiary/aromatic N) is 2. The Hall–Kier alpha value is -2.90. The van der Waals surface area contributed by atoms with Gasteiger partial charge in [0.15, 0.2) is 0 Å². The number of aryl methyl sites for hydroxylation is 1. The van der Waals surface area contributed by atoms with Gasteiger partial charge in [0.25, 0.3) is 5.91 Å². The number of benzene rings is 2. The third-order valence-corrected chi connectivity index (χ3v) is 8.25. The number of amides is 2. The van der Waals surface area contributed by atoms with E-state index in [4.69, 9.17) is 16.3 Å². The lowest BCUT2D eigenvalue weighted by Crippen LogP contribution is -2.48. The number of carbonyl (C=O) groups excluding carboxylic acids is 2. The summed E-state index contributed by atoms with van der Waals surface area (Å²) >= 11 is 7.85. The number of carbonyl (C=O) groups is 2. The lowest BCUT2D eigenvalue weighted by Gasteiger charge is -2.37. The second-order valence-electron chi connectivity index (χ2n) is 9.51. The van der Waals surface area contributed by atoms with Crippen LogP contribution in [0.4, 0.5) is 4.39 Å². The molecule has 2 aliphatic rings. The summed E-state index contributed by atoms with van der Waals surface area (Å²) in [5.41, 5.74) is 2.42. The van der Waals surface area contributed by atoms with Crippen LogP contribution in [-0.4, -0.2) is 47.9 Å². The van der Waals surface area contributed by atoms with Crippen LogP contribution in [-0.2, 0) is 11.2 Å². The molecule has 0 spiro atoms. The predicted octanol–water partition coefficient (Wildman–Crippen LogP) is 5.91. The minimum absolute atomic E-state index is 0.0112. The summed E-state index contributed by atoms with van der Waals surface area (Å²) in [5, 5.41) is 2.73. The summed E-state index contributed by atoms with van der Waals surface area (Å²) in [6.07, 6.45) is 2.89. The Morgan fingerprint density at radius 3 is 2.67 bits per heavy atom. The topological polar surface area (TPSA) is 49.9 Å². The molecule has 1 saturated carbocycles. The number of halogens is 2. The lowest BCUT2D eigenvalue weighted by molar-refractivity contribution is -0.135. The quantitative estimate of drug-likeness (QED) is 0.367. The Labute approximate surface area is 219 Å². The normalized spacial score (nSPS) is 17.0. The lowest BCUT2D eigenvalue weighted by atomic mass is 10.00. The fraction of sp³-hybridized carbons (Fsp3) is 0.357. The van der Waals surface area contributed by atoms with Crippen molar-refractivity contribution in [2.75, 3.05) is 26.2 Å². The second kappa shape index (κ2) is 10.6. The van der Waals surface area contributed by atoms with E-state index >= 15 is 0 Å². The number of rotatable bonds is 8. The maximum atomic E-state index is 13.7. The average molecular weight is 527 g/mol. The average Bonchev–Trinajstić information content (AvgIpc) is 3.56. The summed E-state index contributed by atoms with van der Waals surface area (Å²) in [6.45, 7) is 3.33. The largest absolute Gasteiger partial charge is 0.491 e. The molecule has 1 aromatic heterocycles. The van der Waals surface area contributed by atoms with Gasteiger partial charge in [-0.3, -0.25) is 9.59 Å². The van der Waals surface area contributed by atoms with E-state index in [1.165, 1.54) is 29.1 Å². The van der Waals surface area contributed by atoms with E-state index in [9.17, 15) is 14.0 Å². The molecular formula is C28H28ClFN2O3S. The fourth-order valence-corrected chi connectivity index (χ4v) is 5.66. The van der Waals surface area contributed by atoms with Gasteiger partial charge in [-0.1, -0.05) is 11.6 Å². The molecule has 2 aromatic carbocycles. The van der Waals surface area contributed by atoms with Crippen molar-refractivity contribution in [2.24, 2.45) is 5.92 Å². The van der Waals surface area contributed by atoms with Crippen LogP contribution in [0.2, 0.25) is 5.02 Å². The van der Waals surface area contributed by atoms with Crippen molar-refractivity contribution in [1.82, 2.24) is 9.80 Å². The Bertz CT molecular complexity index is 1260. The first-order valence-electron chi connectivity index (χ1n) is 12.2. The highest BCUT2D eigenvalue weighted by Crippen LogP contribution is 2.35. The maximum absolute atomic E-state index is 13.7. The molecule has 0 N–H and O–H groups in total. The molecule has 1 aliphatic carbocycles. The van der Waals surface area contributed by atoms with E-state index in [-0.39, 0.29) is 24.4 Å². The van der Waals surface area contributed by atoms with Crippen LogP contribution in [0.25, 0.3) is 0 Å². The van der Waals surface area contributed by atoms with Gasteiger partial charge < -0.3 is 14.5 Å². The van der Waals surface area contributed by atoms with Crippen LogP contribution in [0, 0.1) is 18.7 Å². The van der Waals surface area contributed by atoms with E-state index in [1.807, 2.05) is 30.0 Å². The van der Waals surface area contributed by atoms with E-state index in [0.29, 0.717) is 41.9 Å². The molecular weight excluding hydrogens is 499 g/mol. The Morgan fingerprint density at radius 1 is 1.17 bits per heavy atom. The molecule has 0 saturated heterocycles. The number of hydrogen-bond donors (Lipinski definition) is 0. The first-order valence-corrected chi connectivity index (χ1v) is 13.4. The first-order chi connectivity index (χ1) is 17.4. The minimum atomic E-state index is -0.394. The highest BCUT2D eigenvalue weighted by molar-refractivity contribution is 7.10. The van der Waals surface area contributed by atoms with Crippen LogP contribution < -0.4 is 4.74 Å². The van der Waals surface area contributed by atoms with Crippen LogP contribution in [0.3, 0.4) is 0 Å². The molecule has 0 radical (unpaired) electrons. The van der Waals surface area contributed by atoms with Gasteiger partial charge in [-0.15, -0.1) is 11.3 Å². The summed E-state index contributed by atoms with van der Waals surface area (Å²) in [6, 6.07) is 12.9. The zero-order valence-corrected chi connectivity index (χ0v) is 21.7. The predicted molar refractivity (Wildman–Crippen MR) is 139 cm³/mol. The Morgan fingerprint density at radius 2 is 1.94 bits per heavy atom. The van der Waals surface area contributed by atoms with Crippen molar-refractivity contribution >= 4 is 34.8 Å². The number of fused-ring (bicyclic) bond motifs is 1. The van der Waals surface area contributed by atoms with Gasteiger partial charge in [0, 0.05) is 28.6 Å². The van der Waals surface area contributed by atoms with Crippen LogP contribution in [0.1, 0.15) is 45.2 Å². The summed E-state index contributed by atoms with van der Waals surface area (Å²) in [5.74, 6) is 0.375. The van der Waals surface area contributed by atoms with Crippen molar-refractivity contribution in [3.63, 3.8) is 0 Å². The standard InChI is InChI=1S/C28H28ClFN2O3S/c1-18-14-22(8-9-24(18)29)35-17-25-23-11-13-36-26(23)10-12-32(25)27(33)16-31(15-19-2-3-19)28(34)20-4-6-21(30)7-5-20/h4-9,11,13-14,19,25H,2-3,10,12,15-17H2,1H3/t25-/m0/s1. The number of ether oxygens (including phenoxy) is 1. The van der Waals surface area contributed by atoms with Crippen molar-refractivity contribution in [1.29, 1.82) is 0 Å². The fourth-order valence-electron chi connectivity index (χ4n) is 4.62. The Balaban J connectivity index is 1.34. The number of hydrogen-bond acceptors (Lipinski definition) is 4. The molecule has 5 nitrogen and oxygen atoms in total. The molecule has 36 heavy (non-hydrogen) atoms. The van der Waals surface area contributed by atoms with Gasteiger partial charge in [0.05, 0.1) is 6.04 Å². The van der Waals surface area contributed by atoms with E-state index in [0.717, 1.165) is 30.4 Å². The second-order valence-corrected chi connectivity index (χ2v) is 10.9.